The topological polar surface area (TPSA) is 57.5 Å². The number of hydrogen-bond donors (Lipinski definition) is 0. The van der Waals surface area contributed by atoms with E-state index in [4.69, 9.17) is 9.47 Å². The van der Waals surface area contributed by atoms with Gasteiger partial charge in [-0.25, -0.2) is 0 Å². The number of ketones is 1. The van der Waals surface area contributed by atoms with Gasteiger partial charge >= 0.3 is 5.97 Å². The lowest BCUT2D eigenvalue weighted by Crippen LogP contribution is -2.27. The Hall–Kier alpha value is -2.40. The summed E-state index contributed by atoms with van der Waals surface area (Å²) in [4.78, 5) is 24.7. The zero-order valence-electron chi connectivity index (χ0n) is 15.4. The van der Waals surface area contributed by atoms with Crippen LogP contribution in [0.1, 0.15) is 40.2 Å². The molecule has 2 heterocycles. The highest BCUT2D eigenvalue weighted by atomic mass is 16.5. The van der Waals surface area contributed by atoms with Gasteiger partial charge in [-0.15, -0.1) is 0 Å². The van der Waals surface area contributed by atoms with Crippen LogP contribution in [0.25, 0.3) is 0 Å². The molecule has 0 spiro atoms. The summed E-state index contributed by atoms with van der Waals surface area (Å²) in [5, 5.41) is 0. The quantitative estimate of drug-likeness (QED) is 0.589. The molecule has 1 aliphatic heterocycles. The maximum absolute atomic E-state index is 12.6. The number of hydrogen-bond acceptors (Lipinski definition) is 4. The third-order valence-electron chi connectivity index (χ3n) is 4.96. The highest BCUT2D eigenvalue weighted by molar-refractivity contribution is 5.99. The van der Waals surface area contributed by atoms with E-state index in [0.29, 0.717) is 38.2 Å². The number of benzene rings is 1. The molecule has 5 heteroatoms. The second-order valence-electron chi connectivity index (χ2n) is 6.77. The lowest BCUT2D eigenvalue weighted by atomic mass is 10.0. The fraction of sp³-hybridized carbons (Fsp3) is 0.429. The predicted octanol–water partition coefficient (Wildman–Crippen LogP) is 3.31. The first-order valence-corrected chi connectivity index (χ1v) is 9.04. The van der Waals surface area contributed by atoms with Crippen molar-refractivity contribution in [3.05, 3.63) is 58.9 Å². The number of carbonyl (C=O) groups is 2. The van der Waals surface area contributed by atoms with E-state index in [1.165, 1.54) is 5.56 Å². The van der Waals surface area contributed by atoms with Crippen molar-refractivity contribution >= 4 is 11.8 Å². The summed E-state index contributed by atoms with van der Waals surface area (Å²) >= 11 is 0. The lowest BCUT2D eigenvalue weighted by molar-refractivity contribution is -0.150. The minimum absolute atomic E-state index is 0.151. The van der Waals surface area contributed by atoms with E-state index in [9.17, 15) is 9.59 Å². The van der Waals surface area contributed by atoms with Gasteiger partial charge in [-0.3, -0.25) is 9.59 Å². The molecule has 26 heavy (non-hydrogen) atoms. The molecular weight excluding hydrogens is 330 g/mol. The SMILES string of the molecule is Cc1cc(C(=O)COC(=O)C2CCOCC2)c(C)n1Cc1ccccc1. The Bertz CT molecular complexity index is 773. The highest BCUT2D eigenvalue weighted by Crippen LogP contribution is 2.19. The van der Waals surface area contributed by atoms with Gasteiger partial charge in [0.2, 0.25) is 5.78 Å². The van der Waals surface area contributed by atoms with Gasteiger partial charge in [0.05, 0.1) is 5.92 Å². The van der Waals surface area contributed by atoms with Crippen LogP contribution in [0.3, 0.4) is 0 Å². The largest absolute Gasteiger partial charge is 0.457 e. The van der Waals surface area contributed by atoms with E-state index < -0.39 is 0 Å². The number of rotatable bonds is 6. The molecule has 0 amide bonds. The number of Topliss-reactive ketones (excluding diaryl/α,β-unsaturated/α-hetero) is 1. The smallest absolute Gasteiger partial charge is 0.309 e. The van der Waals surface area contributed by atoms with Crippen molar-refractivity contribution in [3.63, 3.8) is 0 Å². The molecule has 2 aromatic rings. The number of ether oxygens (including phenoxy) is 2. The monoisotopic (exact) mass is 355 g/mol. The summed E-state index contributed by atoms with van der Waals surface area (Å²) in [5.74, 6) is -0.598. The van der Waals surface area contributed by atoms with E-state index in [2.05, 4.69) is 16.7 Å². The van der Waals surface area contributed by atoms with E-state index >= 15 is 0 Å². The van der Waals surface area contributed by atoms with Crippen LogP contribution in [-0.2, 0) is 20.8 Å². The summed E-state index contributed by atoms with van der Waals surface area (Å²) < 4.78 is 12.6. The Kier molecular flexibility index (Phi) is 5.89. The van der Waals surface area contributed by atoms with Gasteiger partial charge in [-0.05, 0) is 38.3 Å². The number of aryl methyl sites for hydroxylation is 1. The molecule has 0 aliphatic carbocycles. The van der Waals surface area contributed by atoms with Crippen molar-refractivity contribution in [2.45, 2.75) is 33.2 Å². The molecule has 1 saturated heterocycles. The lowest BCUT2D eigenvalue weighted by Gasteiger charge is -2.20. The molecule has 0 saturated carbocycles. The van der Waals surface area contributed by atoms with E-state index in [1.54, 1.807) is 0 Å². The third kappa shape index (κ3) is 4.22. The molecule has 1 aromatic heterocycles. The summed E-state index contributed by atoms with van der Waals surface area (Å²) in [7, 11) is 0. The van der Waals surface area contributed by atoms with Gasteiger partial charge in [0.25, 0.3) is 0 Å². The number of carbonyl (C=O) groups excluding carboxylic acids is 2. The van der Waals surface area contributed by atoms with Crippen LogP contribution in [0.4, 0.5) is 0 Å². The fourth-order valence-electron chi connectivity index (χ4n) is 3.36. The maximum atomic E-state index is 12.6. The first kappa shape index (κ1) is 18.4. The molecule has 5 nitrogen and oxygen atoms in total. The Morgan fingerprint density at radius 3 is 2.54 bits per heavy atom. The molecule has 0 radical (unpaired) electrons. The summed E-state index contributed by atoms with van der Waals surface area (Å²) in [6.07, 6.45) is 1.33. The summed E-state index contributed by atoms with van der Waals surface area (Å²) in [6, 6.07) is 12.0. The Morgan fingerprint density at radius 2 is 1.85 bits per heavy atom. The molecule has 0 unspecified atom stereocenters. The molecule has 0 N–H and O–H groups in total. The molecule has 3 rings (SSSR count). The Balaban J connectivity index is 1.64. The number of aromatic nitrogens is 1. The van der Waals surface area contributed by atoms with E-state index in [0.717, 1.165) is 11.4 Å². The van der Waals surface area contributed by atoms with Crippen LogP contribution in [0, 0.1) is 19.8 Å². The minimum Gasteiger partial charge on any atom is -0.457 e. The van der Waals surface area contributed by atoms with Crippen molar-refractivity contribution < 1.29 is 19.1 Å². The molecule has 1 fully saturated rings. The Morgan fingerprint density at radius 1 is 1.15 bits per heavy atom. The van der Waals surface area contributed by atoms with Gasteiger partial charge in [-0.2, -0.15) is 0 Å². The predicted molar refractivity (Wildman–Crippen MR) is 98.3 cm³/mol. The second kappa shape index (κ2) is 8.32. The first-order valence-electron chi connectivity index (χ1n) is 9.04. The Labute approximate surface area is 153 Å². The third-order valence-corrected chi connectivity index (χ3v) is 4.96. The average molecular weight is 355 g/mol. The van der Waals surface area contributed by atoms with E-state index in [-0.39, 0.29) is 24.3 Å². The normalized spacial score (nSPS) is 15.0. The van der Waals surface area contributed by atoms with Crippen LogP contribution >= 0.6 is 0 Å². The van der Waals surface area contributed by atoms with Gasteiger partial charge in [0.15, 0.2) is 6.61 Å². The summed E-state index contributed by atoms with van der Waals surface area (Å²) in [6.45, 7) is 5.59. The molecular formula is C21H25NO4. The van der Waals surface area contributed by atoms with Gasteiger partial charge < -0.3 is 14.0 Å². The van der Waals surface area contributed by atoms with Crippen LogP contribution in [0.2, 0.25) is 0 Å². The van der Waals surface area contributed by atoms with Gasteiger partial charge in [0.1, 0.15) is 0 Å². The molecule has 138 valence electrons. The van der Waals surface area contributed by atoms with Gasteiger partial charge in [0, 0.05) is 36.7 Å². The van der Waals surface area contributed by atoms with E-state index in [1.807, 2.05) is 38.1 Å². The van der Waals surface area contributed by atoms with Crippen molar-refractivity contribution in [1.82, 2.24) is 4.57 Å². The molecule has 0 bridgehead atoms. The highest BCUT2D eigenvalue weighted by Gasteiger charge is 2.24. The molecule has 1 aliphatic rings. The maximum Gasteiger partial charge on any atom is 0.309 e. The molecule has 1 aromatic carbocycles. The average Bonchev–Trinajstić information content (AvgIpc) is 2.95. The van der Waals surface area contributed by atoms with Crippen molar-refractivity contribution in [2.24, 2.45) is 5.92 Å². The fourth-order valence-corrected chi connectivity index (χ4v) is 3.36. The number of nitrogens with zero attached hydrogens (tertiary/aromatic N) is 1. The standard InChI is InChI=1S/C21H25NO4/c1-15-12-19(16(2)22(15)13-17-6-4-3-5-7-17)20(23)14-26-21(24)18-8-10-25-11-9-18/h3-7,12,18H,8-11,13-14H2,1-2H3. The van der Waals surface area contributed by atoms with Crippen molar-refractivity contribution in [1.29, 1.82) is 0 Å². The first-order chi connectivity index (χ1) is 12.6. The van der Waals surface area contributed by atoms with Crippen LogP contribution in [-0.4, -0.2) is 36.1 Å². The number of esters is 1. The van der Waals surface area contributed by atoms with Crippen LogP contribution < -0.4 is 0 Å². The zero-order valence-corrected chi connectivity index (χ0v) is 15.4. The van der Waals surface area contributed by atoms with Crippen molar-refractivity contribution in [3.8, 4) is 0 Å². The van der Waals surface area contributed by atoms with Gasteiger partial charge in [-0.1, -0.05) is 30.3 Å². The van der Waals surface area contributed by atoms with Crippen LogP contribution in [0.5, 0.6) is 0 Å². The van der Waals surface area contributed by atoms with Crippen molar-refractivity contribution in [2.75, 3.05) is 19.8 Å². The molecule has 0 atom stereocenters. The zero-order chi connectivity index (χ0) is 18.5. The minimum atomic E-state index is -0.292. The second-order valence-corrected chi connectivity index (χ2v) is 6.77. The van der Waals surface area contributed by atoms with Crippen LogP contribution in [0.15, 0.2) is 36.4 Å². The summed E-state index contributed by atoms with van der Waals surface area (Å²) in [5.41, 5.74) is 3.72.